The molecule has 9 nitrogen and oxygen atoms in total. The minimum absolute atomic E-state index is 0.00219. The summed E-state index contributed by atoms with van der Waals surface area (Å²) in [6, 6.07) is 6.25. The normalized spacial score (nSPS) is 18.2. The molecule has 0 saturated heterocycles. The first-order chi connectivity index (χ1) is 13.6. The predicted molar refractivity (Wildman–Crippen MR) is 101 cm³/mol. The lowest BCUT2D eigenvalue weighted by atomic mass is 10.0. The minimum Gasteiger partial charge on any atom is -0.493 e. The molecule has 0 aliphatic carbocycles. The average molecular weight is 380 g/mol. The van der Waals surface area contributed by atoms with E-state index in [0.717, 1.165) is 10.3 Å². The first-order valence-electron chi connectivity index (χ1n) is 8.58. The number of rotatable bonds is 5. The van der Waals surface area contributed by atoms with Crippen LogP contribution in [0, 0.1) is 5.92 Å². The summed E-state index contributed by atoms with van der Waals surface area (Å²) in [5.74, 6) is -0.707. The maximum Gasteiger partial charge on any atom is 0.352 e. The highest BCUT2D eigenvalue weighted by Gasteiger charge is 2.36. The molecule has 2 aromatic rings. The monoisotopic (exact) mass is 380 g/mol. The topological polar surface area (TPSA) is 114 Å². The summed E-state index contributed by atoms with van der Waals surface area (Å²) in [7, 11) is 1.52. The van der Waals surface area contributed by atoms with Crippen molar-refractivity contribution in [2.24, 2.45) is 15.9 Å². The van der Waals surface area contributed by atoms with Crippen LogP contribution >= 0.6 is 0 Å². The van der Waals surface area contributed by atoms with Gasteiger partial charge in [-0.1, -0.05) is 18.2 Å². The van der Waals surface area contributed by atoms with E-state index in [0.29, 0.717) is 11.3 Å². The molecule has 0 bridgehead atoms. The van der Waals surface area contributed by atoms with E-state index >= 15 is 0 Å². The first-order valence-corrected chi connectivity index (χ1v) is 8.58. The van der Waals surface area contributed by atoms with E-state index in [-0.39, 0.29) is 24.7 Å². The third kappa shape index (κ3) is 3.07. The van der Waals surface area contributed by atoms with Crippen LogP contribution in [0.15, 0.2) is 50.8 Å². The number of amidine groups is 1. The highest BCUT2D eigenvalue weighted by molar-refractivity contribution is 6.19. The van der Waals surface area contributed by atoms with E-state index in [2.05, 4.69) is 15.3 Å². The molecule has 0 spiro atoms. The number of urea groups is 1. The van der Waals surface area contributed by atoms with Crippen molar-refractivity contribution in [2.45, 2.75) is 0 Å². The largest absolute Gasteiger partial charge is 0.493 e. The summed E-state index contributed by atoms with van der Waals surface area (Å²) in [5, 5.41) is 3.38. The van der Waals surface area contributed by atoms with Crippen LogP contribution in [-0.2, 0) is 4.79 Å². The van der Waals surface area contributed by atoms with E-state index in [9.17, 15) is 14.4 Å². The van der Waals surface area contributed by atoms with Crippen molar-refractivity contribution >= 4 is 40.9 Å². The lowest BCUT2D eigenvalue weighted by Gasteiger charge is -2.27. The Morgan fingerprint density at radius 1 is 1.36 bits per heavy atom. The van der Waals surface area contributed by atoms with Crippen LogP contribution in [0.5, 0.6) is 5.75 Å². The molecule has 0 radical (unpaired) electrons. The van der Waals surface area contributed by atoms with Gasteiger partial charge in [0.15, 0.2) is 17.1 Å². The molecule has 1 aromatic carbocycles. The zero-order valence-corrected chi connectivity index (χ0v) is 14.9. The summed E-state index contributed by atoms with van der Waals surface area (Å²) < 4.78 is 10.8. The summed E-state index contributed by atoms with van der Waals surface area (Å²) in [6.45, 7) is 0.0623. The number of hydrogen-bond acceptors (Lipinski definition) is 6. The second-order valence-electron chi connectivity index (χ2n) is 6.13. The smallest absolute Gasteiger partial charge is 0.352 e. The molecule has 1 N–H and O–H groups in total. The number of benzene rings is 1. The summed E-state index contributed by atoms with van der Waals surface area (Å²) in [6.07, 6.45) is 4.75. The number of fused-ring (bicyclic) bond motifs is 2. The van der Waals surface area contributed by atoms with Crippen molar-refractivity contribution in [3.05, 3.63) is 42.2 Å². The zero-order valence-electron chi connectivity index (χ0n) is 14.9. The Bertz CT molecular complexity index is 1070. The van der Waals surface area contributed by atoms with Gasteiger partial charge in [0.1, 0.15) is 11.8 Å². The summed E-state index contributed by atoms with van der Waals surface area (Å²) >= 11 is 0. The lowest BCUT2D eigenvalue weighted by molar-refractivity contribution is -0.129. The fourth-order valence-electron chi connectivity index (χ4n) is 3.04. The van der Waals surface area contributed by atoms with Crippen LogP contribution in [0.1, 0.15) is 10.6 Å². The van der Waals surface area contributed by atoms with Gasteiger partial charge < -0.3 is 14.5 Å². The van der Waals surface area contributed by atoms with E-state index in [1.807, 2.05) is 0 Å². The fourth-order valence-corrected chi connectivity index (χ4v) is 3.04. The van der Waals surface area contributed by atoms with Crippen molar-refractivity contribution in [1.29, 1.82) is 0 Å². The van der Waals surface area contributed by atoms with Gasteiger partial charge in [-0.05, 0) is 18.2 Å². The quantitative estimate of drug-likeness (QED) is 0.849. The van der Waals surface area contributed by atoms with Gasteiger partial charge >= 0.3 is 6.03 Å². The number of hydrogen-bond donors (Lipinski definition) is 1. The number of dihydropyridines is 1. The molecule has 1 aromatic heterocycles. The van der Waals surface area contributed by atoms with Crippen molar-refractivity contribution < 1.29 is 23.5 Å². The number of allylic oxidation sites excluding steroid dienone is 1. The van der Waals surface area contributed by atoms with E-state index < -0.39 is 23.8 Å². The van der Waals surface area contributed by atoms with Crippen LogP contribution in [-0.4, -0.2) is 55.0 Å². The van der Waals surface area contributed by atoms with Crippen LogP contribution in [0.4, 0.5) is 4.79 Å². The van der Waals surface area contributed by atoms with Gasteiger partial charge in [-0.25, -0.2) is 9.79 Å². The molecular formula is C19H16N4O5. The number of carbonyl (C=O) groups is 3. The standard InChI is InChI=1S/C19H16N4O5/c1-27-13-6-2-4-11-10-14(28-15(11)13)17(24)21-8-9-23-18(25)12-5-3-7-20-16(12)22-19(23)26/h2-7,10,12H,8-9H2,1H3,(H,21,24). The van der Waals surface area contributed by atoms with Gasteiger partial charge in [0.05, 0.1) is 7.11 Å². The third-order valence-corrected chi connectivity index (χ3v) is 4.42. The maximum atomic E-state index is 12.5. The molecule has 2 aliphatic heterocycles. The Morgan fingerprint density at radius 2 is 2.21 bits per heavy atom. The third-order valence-electron chi connectivity index (χ3n) is 4.42. The SMILES string of the molecule is COc1cccc2cc(C(=O)NCCN3C(=O)N=C4N=CC=CC4C3=O)oc12. The fraction of sp³-hybridized carbons (Fsp3) is 0.211. The van der Waals surface area contributed by atoms with Gasteiger partial charge in [0.2, 0.25) is 5.91 Å². The van der Waals surface area contributed by atoms with Crippen LogP contribution in [0.3, 0.4) is 0 Å². The second kappa shape index (κ2) is 7.10. The summed E-state index contributed by atoms with van der Waals surface area (Å²) in [4.78, 5) is 45.7. The van der Waals surface area contributed by atoms with E-state index in [1.165, 1.54) is 13.3 Å². The van der Waals surface area contributed by atoms with E-state index in [4.69, 9.17) is 9.15 Å². The molecule has 28 heavy (non-hydrogen) atoms. The van der Waals surface area contributed by atoms with Gasteiger partial charge in [0.25, 0.3) is 5.91 Å². The molecule has 0 fully saturated rings. The Hall–Kier alpha value is -3.75. The Balaban J connectivity index is 1.41. The Labute approximate surface area is 159 Å². The number of carbonyl (C=O) groups excluding carboxylic acids is 3. The summed E-state index contributed by atoms with van der Waals surface area (Å²) in [5.41, 5.74) is 0.475. The average Bonchev–Trinajstić information content (AvgIpc) is 3.15. The van der Waals surface area contributed by atoms with Crippen molar-refractivity contribution in [1.82, 2.24) is 10.2 Å². The van der Waals surface area contributed by atoms with Crippen LogP contribution in [0.25, 0.3) is 11.0 Å². The van der Waals surface area contributed by atoms with Crippen LogP contribution < -0.4 is 10.1 Å². The number of nitrogens with one attached hydrogen (secondary N) is 1. The molecule has 3 heterocycles. The molecule has 2 aliphatic rings. The van der Waals surface area contributed by atoms with Gasteiger partial charge in [-0.2, -0.15) is 4.99 Å². The number of imide groups is 1. The molecule has 4 amide bonds. The minimum atomic E-state index is -0.688. The van der Waals surface area contributed by atoms with E-state index in [1.54, 1.807) is 36.4 Å². The number of furan rings is 1. The Morgan fingerprint density at radius 3 is 3.04 bits per heavy atom. The molecule has 1 unspecified atom stereocenters. The molecule has 9 heteroatoms. The number of ether oxygens (including phenoxy) is 1. The Kier molecular flexibility index (Phi) is 4.48. The number of nitrogens with zero attached hydrogens (tertiary/aromatic N) is 3. The van der Waals surface area contributed by atoms with Crippen molar-refractivity contribution in [3.8, 4) is 5.75 Å². The number of aliphatic imine (C=N–C) groups is 2. The highest BCUT2D eigenvalue weighted by atomic mass is 16.5. The van der Waals surface area contributed by atoms with Crippen LogP contribution in [0.2, 0.25) is 0 Å². The van der Waals surface area contributed by atoms with Crippen molar-refractivity contribution in [3.63, 3.8) is 0 Å². The van der Waals surface area contributed by atoms with Crippen molar-refractivity contribution in [2.75, 3.05) is 20.2 Å². The molecule has 4 rings (SSSR count). The zero-order chi connectivity index (χ0) is 19.7. The van der Waals surface area contributed by atoms with Gasteiger partial charge in [-0.15, -0.1) is 0 Å². The maximum absolute atomic E-state index is 12.5. The number of para-hydroxylation sites is 1. The number of methoxy groups -OCH3 is 1. The highest BCUT2D eigenvalue weighted by Crippen LogP contribution is 2.28. The number of amides is 4. The molecule has 1 atom stereocenters. The van der Waals surface area contributed by atoms with Gasteiger partial charge in [0, 0.05) is 24.7 Å². The molecule has 0 saturated carbocycles. The van der Waals surface area contributed by atoms with Gasteiger partial charge in [-0.3, -0.25) is 14.5 Å². The molecular weight excluding hydrogens is 364 g/mol. The second-order valence-corrected chi connectivity index (χ2v) is 6.13. The predicted octanol–water partition coefficient (Wildman–Crippen LogP) is 1.79. The first kappa shape index (κ1) is 17.7. The lowest BCUT2D eigenvalue weighted by Crippen LogP contribution is -2.48. The molecule has 142 valence electrons.